The summed E-state index contributed by atoms with van der Waals surface area (Å²) in [5.41, 5.74) is 10.9. The largest absolute Gasteiger partial charge is 0.264 e. The van der Waals surface area contributed by atoms with Crippen molar-refractivity contribution in [1.82, 2.24) is 15.0 Å². The second kappa shape index (κ2) is 13.1. The van der Waals surface area contributed by atoms with Crippen LogP contribution in [0.2, 0.25) is 0 Å². The van der Waals surface area contributed by atoms with Gasteiger partial charge in [0.1, 0.15) is 0 Å². The number of benzene rings is 7. The molecule has 0 spiro atoms. The zero-order valence-corrected chi connectivity index (χ0v) is 30.3. The molecule has 260 valence electrons. The van der Waals surface area contributed by atoms with E-state index < -0.39 is 9.84 Å². The Morgan fingerprint density at radius 2 is 0.964 bits per heavy atom. The summed E-state index contributed by atoms with van der Waals surface area (Å²) in [7, 11) is -4.11. The molecule has 5 nitrogen and oxygen atoms in total. The van der Waals surface area contributed by atoms with E-state index in [2.05, 4.69) is 41.4 Å². The lowest BCUT2D eigenvalue weighted by Crippen LogP contribution is -2.07. The van der Waals surface area contributed by atoms with Gasteiger partial charge in [0.2, 0.25) is 9.84 Å². The van der Waals surface area contributed by atoms with E-state index in [-0.39, 0.29) is 9.79 Å². The molecule has 3 heterocycles. The van der Waals surface area contributed by atoms with Crippen LogP contribution in [0.3, 0.4) is 0 Å². The highest BCUT2D eigenvalue weighted by Crippen LogP contribution is 2.48. The summed E-state index contributed by atoms with van der Waals surface area (Å²) in [5.74, 6) is 0.550. The van der Waals surface area contributed by atoms with Gasteiger partial charge >= 0.3 is 0 Å². The Morgan fingerprint density at radius 1 is 0.400 bits per heavy atom. The van der Waals surface area contributed by atoms with Crippen molar-refractivity contribution in [2.45, 2.75) is 9.79 Å². The van der Waals surface area contributed by atoms with Gasteiger partial charge in [-0.1, -0.05) is 146 Å². The van der Waals surface area contributed by atoms with Crippen molar-refractivity contribution in [2.75, 3.05) is 0 Å². The van der Waals surface area contributed by atoms with Crippen LogP contribution in [0.5, 0.6) is 0 Å². The molecular weight excluding hydrogens is 695 g/mol. The minimum atomic E-state index is -4.11. The Hall–Kier alpha value is -7.02. The van der Waals surface area contributed by atoms with Crippen LogP contribution < -0.4 is 0 Å². The third-order valence-electron chi connectivity index (χ3n) is 10.4. The van der Waals surface area contributed by atoms with Crippen molar-refractivity contribution >= 4 is 20.6 Å². The highest BCUT2D eigenvalue weighted by Gasteiger charge is 2.31. The van der Waals surface area contributed by atoms with Gasteiger partial charge in [-0.2, -0.15) is 0 Å². The van der Waals surface area contributed by atoms with Gasteiger partial charge < -0.3 is 0 Å². The predicted molar refractivity (Wildman–Crippen MR) is 221 cm³/mol. The van der Waals surface area contributed by atoms with Crippen molar-refractivity contribution < 1.29 is 8.42 Å². The molecule has 0 bridgehead atoms. The molecule has 0 saturated carbocycles. The Labute approximate surface area is 319 Å². The lowest BCUT2D eigenvalue weighted by atomic mass is 9.85. The fraction of sp³-hybridized carbons (Fsp3) is 0. The first-order chi connectivity index (χ1) is 27.0. The summed E-state index contributed by atoms with van der Waals surface area (Å²) in [6.45, 7) is 0. The van der Waals surface area contributed by atoms with E-state index in [1.807, 2.05) is 133 Å². The lowest BCUT2D eigenvalue weighted by molar-refractivity contribution is 0.597. The quantitative estimate of drug-likeness (QED) is 0.181. The monoisotopic (exact) mass is 725 g/mol. The lowest BCUT2D eigenvalue weighted by Gasteiger charge is -2.19. The molecule has 55 heavy (non-hydrogen) atoms. The van der Waals surface area contributed by atoms with Crippen molar-refractivity contribution in [1.29, 1.82) is 0 Å². The number of sulfone groups is 1. The minimum Gasteiger partial charge on any atom is -0.264 e. The van der Waals surface area contributed by atoms with Gasteiger partial charge in [-0.25, -0.2) is 18.4 Å². The van der Waals surface area contributed by atoms with E-state index in [1.165, 1.54) is 0 Å². The van der Waals surface area contributed by atoms with E-state index in [4.69, 9.17) is 9.97 Å². The second-order valence-corrected chi connectivity index (χ2v) is 15.4. The number of rotatable bonds is 3. The van der Waals surface area contributed by atoms with Gasteiger partial charge in [-0.15, -0.1) is 0 Å². The number of fused-ring (bicyclic) bond motifs is 11. The highest BCUT2D eigenvalue weighted by atomic mass is 32.2. The molecule has 0 amide bonds. The Kier molecular flexibility index (Phi) is 7.79. The number of pyridine rings is 1. The van der Waals surface area contributed by atoms with Crippen molar-refractivity contribution in [2.24, 2.45) is 0 Å². The van der Waals surface area contributed by atoms with Gasteiger partial charge in [-0.3, -0.25) is 4.98 Å². The molecule has 1 aliphatic rings. The number of hydrogen-bond donors (Lipinski definition) is 0. The third kappa shape index (κ3) is 5.54. The molecule has 0 fully saturated rings. The fourth-order valence-corrected chi connectivity index (χ4v) is 9.71. The topological polar surface area (TPSA) is 72.8 Å². The van der Waals surface area contributed by atoms with Crippen LogP contribution in [0, 0.1) is 0 Å². The summed E-state index contributed by atoms with van der Waals surface area (Å²) < 4.78 is 31.0. The van der Waals surface area contributed by atoms with Crippen LogP contribution in [-0.4, -0.2) is 23.4 Å². The second-order valence-electron chi connectivity index (χ2n) is 13.6. The van der Waals surface area contributed by atoms with Crippen molar-refractivity contribution in [3.8, 4) is 78.4 Å². The zero-order valence-electron chi connectivity index (χ0n) is 29.5. The highest BCUT2D eigenvalue weighted by molar-refractivity contribution is 7.92. The number of hydrogen-bond acceptors (Lipinski definition) is 5. The Morgan fingerprint density at radius 3 is 1.67 bits per heavy atom. The van der Waals surface area contributed by atoms with Gasteiger partial charge in [0, 0.05) is 45.6 Å². The first-order valence-corrected chi connectivity index (χ1v) is 19.6. The van der Waals surface area contributed by atoms with E-state index >= 15 is 8.42 Å². The van der Waals surface area contributed by atoms with Crippen LogP contribution in [0.4, 0.5) is 0 Å². The maximum atomic E-state index is 15.5. The van der Waals surface area contributed by atoms with Crippen LogP contribution in [0.25, 0.3) is 89.2 Å². The minimum absolute atomic E-state index is 0.265. The van der Waals surface area contributed by atoms with E-state index in [1.54, 1.807) is 18.5 Å². The van der Waals surface area contributed by atoms with E-state index in [0.717, 1.165) is 61.2 Å². The SMILES string of the molecule is O=S1(=O)c2ccccc2-c2ccccc2-c2ccccc2-c2ccc(-c3cc(-c4ccccc4)nc(-c4cccnc4)n3)cc2-c2ccc3ccccc3c21. The molecule has 10 rings (SSSR count). The molecule has 0 saturated heterocycles. The van der Waals surface area contributed by atoms with E-state index in [9.17, 15) is 0 Å². The molecule has 7 aromatic carbocycles. The molecule has 0 N–H and O–H groups in total. The molecular formula is C49H31N3O2S. The average molecular weight is 726 g/mol. The van der Waals surface area contributed by atoms with Crippen LogP contribution in [0.1, 0.15) is 0 Å². The van der Waals surface area contributed by atoms with Gasteiger partial charge in [0.15, 0.2) is 5.82 Å². The zero-order chi connectivity index (χ0) is 36.9. The molecule has 0 atom stereocenters. The smallest absolute Gasteiger partial charge is 0.208 e. The maximum absolute atomic E-state index is 15.5. The summed E-state index contributed by atoms with van der Waals surface area (Å²) >= 11 is 0. The van der Waals surface area contributed by atoms with E-state index in [0.29, 0.717) is 28.0 Å². The van der Waals surface area contributed by atoms with Crippen LogP contribution in [-0.2, 0) is 9.84 Å². The molecule has 0 radical (unpaired) electrons. The summed E-state index contributed by atoms with van der Waals surface area (Å²) in [4.78, 5) is 15.0. The van der Waals surface area contributed by atoms with Crippen LogP contribution in [0.15, 0.2) is 198 Å². The average Bonchev–Trinajstić information content (AvgIpc) is 3.26. The third-order valence-corrected chi connectivity index (χ3v) is 12.3. The number of aromatic nitrogens is 3. The van der Waals surface area contributed by atoms with Gasteiger partial charge in [0.25, 0.3) is 0 Å². The molecule has 0 unspecified atom stereocenters. The predicted octanol–water partition coefficient (Wildman–Crippen LogP) is 11.8. The first kappa shape index (κ1) is 32.6. The van der Waals surface area contributed by atoms with Crippen LogP contribution >= 0.6 is 0 Å². The van der Waals surface area contributed by atoms with Crippen molar-refractivity contribution in [3.05, 3.63) is 188 Å². The maximum Gasteiger partial charge on any atom is 0.208 e. The van der Waals surface area contributed by atoms with Gasteiger partial charge in [0.05, 0.1) is 21.2 Å². The fourth-order valence-electron chi connectivity index (χ4n) is 7.82. The Balaban J connectivity index is 1.33. The normalized spacial score (nSPS) is 12.7. The summed E-state index contributed by atoms with van der Waals surface area (Å²) in [6, 6.07) is 57.7. The van der Waals surface area contributed by atoms with Crippen molar-refractivity contribution in [3.63, 3.8) is 0 Å². The first-order valence-electron chi connectivity index (χ1n) is 18.1. The molecule has 1 aliphatic heterocycles. The molecule has 9 aromatic rings. The number of nitrogens with zero attached hydrogens (tertiary/aromatic N) is 3. The van der Waals surface area contributed by atoms with Gasteiger partial charge in [-0.05, 0) is 69.1 Å². The summed E-state index contributed by atoms with van der Waals surface area (Å²) in [6.07, 6.45) is 3.50. The summed E-state index contributed by atoms with van der Waals surface area (Å²) in [5, 5.41) is 1.51. The molecule has 0 aliphatic carbocycles. The molecule has 6 heteroatoms. The molecule has 2 aromatic heterocycles. The Bertz CT molecular complexity index is 3000. The standard InChI is InChI=1S/C49H31N3O2S/c53-55(54)47-23-11-10-22-42(47)40-21-9-8-19-38(40)37-18-6-7-20-39(37)41-26-25-34(29-44(41)43-27-24-32-13-4-5-17-36(32)48(43)55)46-30-45(33-14-2-1-3-15-33)51-49(52-46)35-16-12-28-50-31-35/h1-31H.